The number of nitriles is 1. The molecule has 0 bridgehead atoms. The fraction of sp³-hybridized carbons (Fsp3) is 0.188. The Hall–Kier alpha value is -2.47. The number of aryl methyl sites for hydroxylation is 1. The number of anilines is 1. The van der Waals surface area contributed by atoms with E-state index in [1.54, 1.807) is 18.2 Å². The van der Waals surface area contributed by atoms with Crippen LogP contribution in [0.3, 0.4) is 0 Å². The number of phenolic OH excluding ortho intramolecular Hbond substituents is 1. The van der Waals surface area contributed by atoms with Crippen molar-refractivity contribution in [2.75, 3.05) is 5.32 Å². The standard InChI is InChI=1S/C16H16N2O/c1-11-6-7-13(10-17)8-16(11)18-12(2)14-4-3-5-15(19)9-14/h3-9,12,18-19H,1-2H3. The van der Waals surface area contributed by atoms with Crippen LogP contribution >= 0.6 is 0 Å². The summed E-state index contributed by atoms with van der Waals surface area (Å²) >= 11 is 0. The normalized spacial score (nSPS) is 11.6. The first kappa shape index (κ1) is 13.0. The topological polar surface area (TPSA) is 56.0 Å². The van der Waals surface area contributed by atoms with E-state index in [9.17, 15) is 5.11 Å². The lowest BCUT2D eigenvalue weighted by Crippen LogP contribution is -2.07. The lowest BCUT2D eigenvalue weighted by Gasteiger charge is -2.17. The quantitative estimate of drug-likeness (QED) is 0.874. The lowest BCUT2D eigenvalue weighted by atomic mass is 10.1. The molecule has 0 spiro atoms. The van der Waals surface area contributed by atoms with Gasteiger partial charge in [-0.1, -0.05) is 18.2 Å². The Labute approximate surface area is 113 Å². The maximum atomic E-state index is 9.49. The Morgan fingerprint density at radius 2 is 2.00 bits per heavy atom. The molecular formula is C16H16N2O. The van der Waals surface area contributed by atoms with Gasteiger partial charge in [-0.15, -0.1) is 0 Å². The van der Waals surface area contributed by atoms with Crippen molar-refractivity contribution in [2.45, 2.75) is 19.9 Å². The molecule has 0 saturated heterocycles. The molecule has 2 rings (SSSR count). The molecule has 0 aliphatic carbocycles. The second-order valence-electron chi connectivity index (χ2n) is 4.60. The Bertz CT molecular complexity index is 629. The zero-order valence-corrected chi connectivity index (χ0v) is 11.0. The Morgan fingerprint density at radius 1 is 1.21 bits per heavy atom. The molecule has 2 N–H and O–H groups in total. The molecule has 1 atom stereocenters. The molecule has 0 saturated carbocycles. The summed E-state index contributed by atoms with van der Waals surface area (Å²) in [6.07, 6.45) is 0. The van der Waals surface area contributed by atoms with Gasteiger partial charge >= 0.3 is 0 Å². The van der Waals surface area contributed by atoms with Crippen LogP contribution in [0.2, 0.25) is 0 Å². The number of aromatic hydroxyl groups is 1. The minimum Gasteiger partial charge on any atom is -0.508 e. The zero-order chi connectivity index (χ0) is 13.8. The van der Waals surface area contributed by atoms with E-state index in [0.717, 1.165) is 16.8 Å². The molecule has 0 heterocycles. The van der Waals surface area contributed by atoms with Crippen LogP contribution in [0.4, 0.5) is 5.69 Å². The van der Waals surface area contributed by atoms with E-state index in [1.165, 1.54) is 0 Å². The minimum absolute atomic E-state index is 0.0553. The lowest BCUT2D eigenvalue weighted by molar-refractivity contribution is 0.474. The Kier molecular flexibility index (Phi) is 3.72. The largest absolute Gasteiger partial charge is 0.508 e. The number of rotatable bonds is 3. The molecule has 2 aromatic rings. The molecule has 0 aromatic heterocycles. The predicted molar refractivity (Wildman–Crippen MR) is 76.0 cm³/mol. The number of nitrogens with zero attached hydrogens (tertiary/aromatic N) is 1. The summed E-state index contributed by atoms with van der Waals surface area (Å²) in [5.41, 5.74) is 3.67. The van der Waals surface area contributed by atoms with Crippen LogP contribution in [0.5, 0.6) is 5.75 Å². The fourth-order valence-corrected chi connectivity index (χ4v) is 1.96. The number of hydrogen-bond donors (Lipinski definition) is 2. The third kappa shape index (κ3) is 3.05. The van der Waals surface area contributed by atoms with E-state index < -0.39 is 0 Å². The van der Waals surface area contributed by atoms with Crippen LogP contribution in [-0.2, 0) is 0 Å². The average molecular weight is 252 g/mol. The molecule has 1 unspecified atom stereocenters. The first-order valence-corrected chi connectivity index (χ1v) is 6.16. The van der Waals surface area contributed by atoms with Crippen molar-refractivity contribution in [1.29, 1.82) is 5.26 Å². The van der Waals surface area contributed by atoms with Crippen molar-refractivity contribution in [2.24, 2.45) is 0 Å². The highest BCUT2D eigenvalue weighted by Crippen LogP contribution is 2.24. The number of benzene rings is 2. The van der Waals surface area contributed by atoms with E-state index in [4.69, 9.17) is 5.26 Å². The molecule has 0 radical (unpaired) electrons. The Morgan fingerprint density at radius 3 is 2.68 bits per heavy atom. The molecule has 96 valence electrons. The van der Waals surface area contributed by atoms with Crippen molar-refractivity contribution in [3.63, 3.8) is 0 Å². The molecule has 2 aromatic carbocycles. The Balaban J connectivity index is 2.24. The molecule has 0 aliphatic heterocycles. The first-order valence-electron chi connectivity index (χ1n) is 6.16. The van der Waals surface area contributed by atoms with E-state index >= 15 is 0 Å². The summed E-state index contributed by atoms with van der Waals surface area (Å²) in [7, 11) is 0. The van der Waals surface area contributed by atoms with Gasteiger partial charge in [-0.2, -0.15) is 5.26 Å². The highest BCUT2D eigenvalue weighted by atomic mass is 16.3. The first-order chi connectivity index (χ1) is 9.10. The van der Waals surface area contributed by atoms with Gasteiger partial charge in [0, 0.05) is 11.7 Å². The monoisotopic (exact) mass is 252 g/mol. The molecule has 19 heavy (non-hydrogen) atoms. The van der Waals surface area contributed by atoms with Crippen molar-refractivity contribution >= 4 is 5.69 Å². The van der Waals surface area contributed by atoms with E-state index in [-0.39, 0.29) is 11.8 Å². The van der Waals surface area contributed by atoms with Gasteiger partial charge in [0.1, 0.15) is 5.75 Å². The van der Waals surface area contributed by atoms with Crippen LogP contribution in [0, 0.1) is 18.3 Å². The molecule has 0 fully saturated rings. The molecular weight excluding hydrogens is 236 g/mol. The minimum atomic E-state index is 0.0553. The number of phenols is 1. The second-order valence-corrected chi connectivity index (χ2v) is 4.60. The fourth-order valence-electron chi connectivity index (χ4n) is 1.96. The van der Waals surface area contributed by atoms with Gasteiger partial charge in [0.2, 0.25) is 0 Å². The van der Waals surface area contributed by atoms with Crippen LogP contribution in [-0.4, -0.2) is 5.11 Å². The molecule has 3 heteroatoms. The van der Waals surface area contributed by atoms with Crippen LogP contribution in [0.15, 0.2) is 42.5 Å². The van der Waals surface area contributed by atoms with Crippen molar-refractivity contribution in [3.05, 3.63) is 59.2 Å². The average Bonchev–Trinajstić information content (AvgIpc) is 2.41. The van der Waals surface area contributed by atoms with E-state index in [1.807, 2.05) is 38.1 Å². The van der Waals surface area contributed by atoms with Crippen LogP contribution < -0.4 is 5.32 Å². The molecule has 0 amide bonds. The van der Waals surface area contributed by atoms with Crippen molar-refractivity contribution in [3.8, 4) is 11.8 Å². The van der Waals surface area contributed by atoms with Crippen molar-refractivity contribution in [1.82, 2.24) is 0 Å². The highest BCUT2D eigenvalue weighted by molar-refractivity contribution is 5.56. The summed E-state index contributed by atoms with van der Waals surface area (Å²) in [6, 6.07) is 14.9. The summed E-state index contributed by atoms with van der Waals surface area (Å²) in [5.74, 6) is 0.258. The smallest absolute Gasteiger partial charge is 0.115 e. The summed E-state index contributed by atoms with van der Waals surface area (Å²) in [4.78, 5) is 0. The second kappa shape index (κ2) is 5.45. The summed E-state index contributed by atoms with van der Waals surface area (Å²) in [6.45, 7) is 4.02. The number of hydrogen-bond acceptors (Lipinski definition) is 3. The number of nitrogens with one attached hydrogen (secondary N) is 1. The van der Waals surface area contributed by atoms with Gasteiger partial charge in [0.25, 0.3) is 0 Å². The third-order valence-corrected chi connectivity index (χ3v) is 3.11. The van der Waals surface area contributed by atoms with Crippen LogP contribution in [0.1, 0.15) is 29.7 Å². The van der Waals surface area contributed by atoms with E-state index in [0.29, 0.717) is 5.56 Å². The molecule has 3 nitrogen and oxygen atoms in total. The maximum Gasteiger partial charge on any atom is 0.115 e. The summed E-state index contributed by atoms with van der Waals surface area (Å²) < 4.78 is 0. The summed E-state index contributed by atoms with van der Waals surface area (Å²) in [5, 5.41) is 21.8. The van der Waals surface area contributed by atoms with Crippen molar-refractivity contribution < 1.29 is 5.11 Å². The third-order valence-electron chi connectivity index (χ3n) is 3.11. The van der Waals surface area contributed by atoms with Gasteiger partial charge < -0.3 is 10.4 Å². The van der Waals surface area contributed by atoms with Gasteiger partial charge in [0.15, 0.2) is 0 Å². The highest BCUT2D eigenvalue weighted by Gasteiger charge is 2.08. The SMILES string of the molecule is Cc1ccc(C#N)cc1NC(C)c1cccc(O)c1. The predicted octanol–water partition coefficient (Wildman–Crippen LogP) is 3.75. The van der Waals surface area contributed by atoms with Gasteiger partial charge in [-0.25, -0.2) is 0 Å². The van der Waals surface area contributed by atoms with Gasteiger partial charge in [0.05, 0.1) is 11.6 Å². The van der Waals surface area contributed by atoms with Gasteiger partial charge in [-0.05, 0) is 49.2 Å². The zero-order valence-electron chi connectivity index (χ0n) is 11.0. The van der Waals surface area contributed by atoms with Gasteiger partial charge in [-0.3, -0.25) is 0 Å². The maximum absolute atomic E-state index is 9.49. The van der Waals surface area contributed by atoms with E-state index in [2.05, 4.69) is 11.4 Å². The molecule has 0 aliphatic rings. The van der Waals surface area contributed by atoms with Crippen LogP contribution in [0.25, 0.3) is 0 Å².